The number of rotatable bonds is 5. The predicted molar refractivity (Wildman–Crippen MR) is 85.7 cm³/mol. The first kappa shape index (κ1) is 15.3. The lowest BCUT2D eigenvalue weighted by Gasteiger charge is -2.13. The molecule has 0 spiro atoms. The number of nitrogens with zero attached hydrogens (tertiary/aromatic N) is 2. The Balaban J connectivity index is 1.76. The fourth-order valence-electron chi connectivity index (χ4n) is 3.03. The summed E-state index contributed by atoms with van der Waals surface area (Å²) in [5.41, 5.74) is 1.26. The molecule has 1 saturated carbocycles. The Morgan fingerprint density at radius 3 is 2.65 bits per heavy atom. The number of para-hydroxylation sites is 2. The molecule has 6 heteroatoms. The summed E-state index contributed by atoms with van der Waals surface area (Å²) >= 11 is 0. The van der Waals surface area contributed by atoms with Crippen LogP contribution in [0.1, 0.15) is 42.6 Å². The summed E-state index contributed by atoms with van der Waals surface area (Å²) in [7, 11) is 0. The molecule has 3 rings (SSSR count). The van der Waals surface area contributed by atoms with Crippen molar-refractivity contribution in [2.45, 2.75) is 32.1 Å². The van der Waals surface area contributed by atoms with Crippen LogP contribution in [0.25, 0.3) is 5.69 Å². The number of aromatic nitrogens is 2. The van der Waals surface area contributed by atoms with E-state index in [-0.39, 0.29) is 11.6 Å². The normalized spacial score (nSPS) is 14.8. The lowest BCUT2D eigenvalue weighted by Crippen LogP contribution is -2.16. The molecule has 1 aliphatic rings. The van der Waals surface area contributed by atoms with Gasteiger partial charge in [0.05, 0.1) is 11.4 Å². The number of hydrogen-bond acceptors (Lipinski definition) is 3. The summed E-state index contributed by atoms with van der Waals surface area (Å²) < 4.78 is 1.47. The molecule has 1 fully saturated rings. The van der Waals surface area contributed by atoms with Gasteiger partial charge in [0.2, 0.25) is 5.91 Å². The highest BCUT2D eigenvalue weighted by atomic mass is 16.4. The van der Waals surface area contributed by atoms with Gasteiger partial charge in [-0.05, 0) is 37.0 Å². The predicted octanol–water partition coefficient (Wildman–Crippen LogP) is 3.09. The van der Waals surface area contributed by atoms with Crippen LogP contribution in [0.2, 0.25) is 0 Å². The Kier molecular flexibility index (Phi) is 4.41. The maximum Gasteiger partial charge on any atom is 0.356 e. The van der Waals surface area contributed by atoms with E-state index in [9.17, 15) is 9.59 Å². The summed E-state index contributed by atoms with van der Waals surface area (Å²) in [6.45, 7) is 0. The highest BCUT2D eigenvalue weighted by molar-refractivity contribution is 5.93. The number of hydrogen-bond donors (Lipinski definition) is 2. The summed E-state index contributed by atoms with van der Waals surface area (Å²) in [4.78, 5) is 23.2. The molecule has 6 nitrogen and oxygen atoms in total. The van der Waals surface area contributed by atoms with Gasteiger partial charge in [-0.2, -0.15) is 5.10 Å². The van der Waals surface area contributed by atoms with Gasteiger partial charge in [-0.25, -0.2) is 9.48 Å². The molecule has 0 radical (unpaired) electrons. The molecule has 23 heavy (non-hydrogen) atoms. The lowest BCUT2D eigenvalue weighted by molar-refractivity contribution is -0.117. The van der Waals surface area contributed by atoms with Gasteiger partial charge < -0.3 is 10.4 Å². The summed E-state index contributed by atoms with van der Waals surface area (Å²) in [5.74, 6) is -0.605. The number of carboxylic acid groups (broad SMARTS) is 1. The van der Waals surface area contributed by atoms with Gasteiger partial charge in [0.15, 0.2) is 5.69 Å². The Hall–Kier alpha value is -2.63. The van der Waals surface area contributed by atoms with E-state index in [1.54, 1.807) is 18.3 Å². The van der Waals surface area contributed by atoms with Crippen molar-refractivity contribution in [3.8, 4) is 5.69 Å². The molecule has 2 aromatic rings. The molecule has 1 aromatic heterocycles. The monoisotopic (exact) mass is 313 g/mol. The minimum Gasteiger partial charge on any atom is -0.476 e. The molecule has 1 amide bonds. The zero-order valence-corrected chi connectivity index (χ0v) is 12.7. The zero-order valence-electron chi connectivity index (χ0n) is 12.7. The molecule has 0 bridgehead atoms. The van der Waals surface area contributed by atoms with Gasteiger partial charge in [0.25, 0.3) is 0 Å². The minimum atomic E-state index is -1.08. The maximum absolute atomic E-state index is 12.2. The van der Waals surface area contributed by atoms with Crippen LogP contribution in [0, 0.1) is 5.92 Å². The summed E-state index contributed by atoms with van der Waals surface area (Å²) in [6, 6.07) is 8.67. The second-order valence-electron chi connectivity index (χ2n) is 5.87. The van der Waals surface area contributed by atoms with Gasteiger partial charge in [0.1, 0.15) is 0 Å². The Morgan fingerprint density at radius 2 is 1.96 bits per heavy atom. The quantitative estimate of drug-likeness (QED) is 0.888. The van der Waals surface area contributed by atoms with Gasteiger partial charge in [-0.3, -0.25) is 4.79 Å². The molecule has 120 valence electrons. The third-order valence-electron chi connectivity index (χ3n) is 4.18. The number of amides is 1. The second kappa shape index (κ2) is 6.64. The fraction of sp³-hybridized carbons (Fsp3) is 0.353. The van der Waals surface area contributed by atoms with Crippen molar-refractivity contribution in [3.05, 3.63) is 42.2 Å². The van der Waals surface area contributed by atoms with E-state index in [2.05, 4.69) is 10.4 Å². The van der Waals surface area contributed by atoms with Gasteiger partial charge >= 0.3 is 5.97 Å². The molecule has 0 saturated heterocycles. The largest absolute Gasteiger partial charge is 0.476 e. The molecule has 2 N–H and O–H groups in total. The Bertz CT molecular complexity index is 717. The number of carboxylic acids is 1. The molecule has 0 atom stereocenters. The van der Waals surface area contributed by atoms with E-state index in [4.69, 9.17) is 5.11 Å². The van der Waals surface area contributed by atoms with Gasteiger partial charge in [-0.1, -0.05) is 25.0 Å². The first-order valence-corrected chi connectivity index (χ1v) is 7.81. The average molecular weight is 313 g/mol. The molecule has 1 aliphatic carbocycles. The molecular weight excluding hydrogens is 294 g/mol. The van der Waals surface area contributed by atoms with Crippen LogP contribution in [0.4, 0.5) is 5.69 Å². The topological polar surface area (TPSA) is 84.2 Å². The summed E-state index contributed by atoms with van der Waals surface area (Å²) in [6.07, 6.45) is 6.77. The highest BCUT2D eigenvalue weighted by Crippen LogP contribution is 2.28. The van der Waals surface area contributed by atoms with Crippen molar-refractivity contribution in [1.29, 1.82) is 0 Å². The van der Waals surface area contributed by atoms with Crippen LogP contribution in [0.5, 0.6) is 0 Å². The first-order valence-electron chi connectivity index (χ1n) is 7.81. The molecule has 1 aromatic carbocycles. The standard InChI is InChI=1S/C17H19N3O3/c21-16(11-12-5-1-2-6-12)18-13-7-3-4-8-15(13)20-10-9-14(19-20)17(22)23/h3-4,7-10,12H,1-2,5-6,11H2,(H,18,21)(H,22,23). The van der Waals surface area contributed by atoms with E-state index in [1.807, 2.05) is 12.1 Å². The average Bonchev–Trinajstić information content (AvgIpc) is 3.19. The van der Waals surface area contributed by atoms with Crippen LogP contribution in [0.15, 0.2) is 36.5 Å². The Labute approximate surface area is 134 Å². The number of carbonyl (C=O) groups is 2. The molecule has 1 heterocycles. The van der Waals surface area contributed by atoms with E-state index < -0.39 is 5.97 Å². The second-order valence-corrected chi connectivity index (χ2v) is 5.87. The van der Waals surface area contributed by atoms with Crippen molar-refractivity contribution in [2.24, 2.45) is 5.92 Å². The van der Waals surface area contributed by atoms with Crippen LogP contribution in [0.3, 0.4) is 0 Å². The Morgan fingerprint density at radius 1 is 1.22 bits per heavy atom. The number of nitrogens with one attached hydrogen (secondary N) is 1. The van der Waals surface area contributed by atoms with E-state index in [1.165, 1.54) is 23.6 Å². The SMILES string of the molecule is O=C(CC1CCCC1)Nc1ccccc1-n1ccc(C(=O)O)n1. The van der Waals surface area contributed by atoms with Crippen LogP contribution < -0.4 is 5.32 Å². The fourth-order valence-corrected chi connectivity index (χ4v) is 3.03. The number of anilines is 1. The van der Waals surface area contributed by atoms with E-state index >= 15 is 0 Å². The third-order valence-corrected chi connectivity index (χ3v) is 4.18. The van der Waals surface area contributed by atoms with Crippen LogP contribution in [-0.2, 0) is 4.79 Å². The van der Waals surface area contributed by atoms with Gasteiger partial charge in [-0.15, -0.1) is 0 Å². The smallest absolute Gasteiger partial charge is 0.356 e. The van der Waals surface area contributed by atoms with Crippen molar-refractivity contribution in [1.82, 2.24) is 9.78 Å². The van der Waals surface area contributed by atoms with Crippen molar-refractivity contribution in [3.63, 3.8) is 0 Å². The van der Waals surface area contributed by atoms with Crippen LogP contribution in [-0.4, -0.2) is 26.8 Å². The zero-order chi connectivity index (χ0) is 16.2. The number of carbonyl (C=O) groups excluding carboxylic acids is 1. The molecule has 0 unspecified atom stereocenters. The van der Waals surface area contributed by atoms with Crippen molar-refractivity contribution >= 4 is 17.6 Å². The molecular formula is C17H19N3O3. The maximum atomic E-state index is 12.2. The minimum absolute atomic E-state index is 0.00466. The van der Waals surface area contributed by atoms with Crippen LogP contribution >= 0.6 is 0 Å². The van der Waals surface area contributed by atoms with E-state index in [0.29, 0.717) is 23.7 Å². The van der Waals surface area contributed by atoms with Crippen molar-refractivity contribution < 1.29 is 14.7 Å². The van der Waals surface area contributed by atoms with Gasteiger partial charge in [0, 0.05) is 12.6 Å². The number of benzene rings is 1. The molecule has 0 aliphatic heterocycles. The highest BCUT2D eigenvalue weighted by Gasteiger charge is 2.19. The summed E-state index contributed by atoms with van der Waals surface area (Å²) in [5, 5.41) is 15.9. The van der Waals surface area contributed by atoms with Crippen molar-refractivity contribution in [2.75, 3.05) is 5.32 Å². The third kappa shape index (κ3) is 3.59. The lowest BCUT2D eigenvalue weighted by atomic mass is 10.0. The first-order chi connectivity index (χ1) is 11.1. The number of aromatic carboxylic acids is 1. The van der Waals surface area contributed by atoms with E-state index in [0.717, 1.165) is 12.8 Å².